The SMILES string of the molecule is CC1=C2N(C)CC(N)CCN2CN1. The molecule has 4 heteroatoms. The van der Waals surface area contributed by atoms with Gasteiger partial charge in [0.2, 0.25) is 0 Å². The Bertz CT molecular complexity index is 236. The van der Waals surface area contributed by atoms with E-state index >= 15 is 0 Å². The van der Waals surface area contributed by atoms with Crippen LogP contribution in [0.25, 0.3) is 0 Å². The van der Waals surface area contributed by atoms with Gasteiger partial charge in [-0.05, 0) is 13.3 Å². The van der Waals surface area contributed by atoms with Crippen molar-refractivity contribution in [1.29, 1.82) is 0 Å². The fraction of sp³-hybridized carbons (Fsp3) is 0.778. The Balaban J connectivity index is 2.22. The van der Waals surface area contributed by atoms with Crippen LogP contribution in [0.2, 0.25) is 0 Å². The molecule has 1 fully saturated rings. The van der Waals surface area contributed by atoms with Crippen molar-refractivity contribution in [3.8, 4) is 0 Å². The zero-order valence-electron chi connectivity index (χ0n) is 8.38. The topological polar surface area (TPSA) is 44.5 Å². The lowest BCUT2D eigenvalue weighted by Gasteiger charge is -2.25. The number of hydrogen-bond donors (Lipinski definition) is 2. The number of allylic oxidation sites excluding steroid dienone is 1. The second kappa shape index (κ2) is 3.10. The highest BCUT2D eigenvalue weighted by atomic mass is 15.4. The van der Waals surface area contributed by atoms with Crippen LogP contribution >= 0.6 is 0 Å². The molecule has 2 aliphatic heterocycles. The predicted molar refractivity (Wildman–Crippen MR) is 52.6 cm³/mol. The van der Waals surface area contributed by atoms with E-state index in [2.05, 4.69) is 29.1 Å². The first kappa shape index (κ1) is 8.69. The summed E-state index contributed by atoms with van der Waals surface area (Å²) in [6.07, 6.45) is 1.09. The van der Waals surface area contributed by atoms with Crippen LogP contribution < -0.4 is 11.1 Å². The number of likely N-dealkylation sites (N-methyl/N-ethyl adjacent to an activating group) is 1. The molecular weight excluding hydrogens is 164 g/mol. The number of hydrogen-bond acceptors (Lipinski definition) is 4. The Morgan fingerprint density at radius 1 is 1.54 bits per heavy atom. The van der Waals surface area contributed by atoms with Crippen molar-refractivity contribution in [1.82, 2.24) is 15.1 Å². The van der Waals surface area contributed by atoms with Gasteiger partial charge in [0.1, 0.15) is 5.82 Å². The summed E-state index contributed by atoms with van der Waals surface area (Å²) in [6.45, 7) is 5.11. The van der Waals surface area contributed by atoms with Gasteiger partial charge in [0.25, 0.3) is 0 Å². The summed E-state index contributed by atoms with van der Waals surface area (Å²) in [5.74, 6) is 1.33. The van der Waals surface area contributed by atoms with Crippen molar-refractivity contribution >= 4 is 0 Å². The number of nitrogens with two attached hydrogens (primary N) is 1. The molecule has 3 N–H and O–H groups in total. The highest BCUT2D eigenvalue weighted by molar-refractivity contribution is 5.14. The van der Waals surface area contributed by atoms with Gasteiger partial charge in [0, 0.05) is 26.2 Å². The average molecular weight is 182 g/mol. The van der Waals surface area contributed by atoms with Crippen molar-refractivity contribution in [2.24, 2.45) is 5.73 Å². The van der Waals surface area contributed by atoms with Crippen LogP contribution in [-0.2, 0) is 0 Å². The van der Waals surface area contributed by atoms with Gasteiger partial charge < -0.3 is 20.9 Å². The summed E-state index contributed by atoms with van der Waals surface area (Å²) in [5.41, 5.74) is 7.24. The van der Waals surface area contributed by atoms with E-state index in [1.807, 2.05) is 0 Å². The molecule has 13 heavy (non-hydrogen) atoms. The average Bonchev–Trinajstić information content (AvgIpc) is 2.36. The van der Waals surface area contributed by atoms with Crippen LogP contribution in [0.4, 0.5) is 0 Å². The Morgan fingerprint density at radius 3 is 3.08 bits per heavy atom. The molecule has 0 amide bonds. The quantitative estimate of drug-likeness (QED) is 0.540. The highest BCUT2D eigenvalue weighted by Gasteiger charge is 2.26. The second-order valence-electron chi connectivity index (χ2n) is 3.98. The van der Waals surface area contributed by atoms with Gasteiger partial charge in [-0.15, -0.1) is 0 Å². The monoisotopic (exact) mass is 182 g/mol. The maximum atomic E-state index is 5.96. The van der Waals surface area contributed by atoms with E-state index in [4.69, 9.17) is 5.73 Å². The van der Waals surface area contributed by atoms with Gasteiger partial charge in [-0.1, -0.05) is 0 Å². The van der Waals surface area contributed by atoms with E-state index in [0.29, 0.717) is 6.04 Å². The van der Waals surface area contributed by atoms with E-state index in [9.17, 15) is 0 Å². The van der Waals surface area contributed by atoms with Gasteiger partial charge in [0.15, 0.2) is 0 Å². The van der Waals surface area contributed by atoms with Crippen LogP contribution in [0.1, 0.15) is 13.3 Å². The van der Waals surface area contributed by atoms with Gasteiger partial charge in [-0.25, -0.2) is 0 Å². The molecule has 4 nitrogen and oxygen atoms in total. The summed E-state index contributed by atoms with van der Waals surface area (Å²) >= 11 is 0. The van der Waals surface area contributed by atoms with Crippen LogP contribution in [0.15, 0.2) is 11.5 Å². The molecule has 0 radical (unpaired) electrons. The lowest BCUT2D eigenvalue weighted by Crippen LogP contribution is -2.33. The van der Waals surface area contributed by atoms with Crippen molar-refractivity contribution < 1.29 is 0 Å². The zero-order valence-corrected chi connectivity index (χ0v) is 8.38. The van der Waals surface area contributed by atoms with Crippen LogP contribution in [0.3, 0.4) is 0 Å². The lowest BCUT2D eigenvalue weighted by atomic mass is 10.2. The largest absolute Gasteiger partial charge is 0.368 e. The molecule has 2 aliphatic rings. The third kappa shape index (κ3) is 1.46. The second-order valence-corrected chi connectivity index (χ2v) is 3.98. The Morgan fingerprint density at radius 2 is 2.31 bits per heavy atom. The molecule has 74 valence electrons. The van der Waals surface area contributed by atoms with Crippen LogP contribution in [-0.4, -0.2) is 42.6 Å². The Hall–Kier alpha value is -0.900. The minimum Gasteiger partial charge on any atom is -0.368 e. The number of fused-ring (bicyclic) bond motifs is 1. The molecule has 1 atom stereocenters. The van der Waals surface area contributed by atoms with Gasteiger partial charge in [0.05, 0.1) is 12.4 Å². The van der Waals surface area contributed by atoms with E-state index in [-0.39, 0.29) is 0 Å². The minimum atomic E-state index is 0.316. The molecule has 1 unspecified atom stereocenters. The summed E-state index contributed by atoms with van der Waals surface area (Å²) in [4.78, 5) is 4.62. The van der Waals surface area contributed by atoms with Crippen molar-refractivity contribution in [2.75, 3.05) is 26.8 Å². The number of nitrogens with zero attached hydrogens (tertiary/aromatic N) is 2. The van der Waals surface area contributed by atoms with E-state index in [0.717, 1.165) is 26.2 Å². The fourth-order valence-corrected chi connectivity index (χ4v) is 2.17. The first-order chi connectivity index (χ1) is 6.18. The standard InChI is InChI=1S/C9H18N4/c1-7-9-12(2)5-8(10)3-4-13(9)6-11-7/h8,11H,3-6,10H2,1-2H3. The zero-order chi connectivity index (χ0) is 9.42. The first-order valence-corrected chi connectivity index (χ1v) is 4.85. The van der Waals surface area contributed by atoms with E-state index < -0.39 is 0 Å². The van der Waals surface area contributed by atoms with Crippen LogP contribution in [0.5, 0.6) is 0 Å². The molecule has 2 heterocycles. The van der Waals surface area contributed by atoms with Gasteiger partial charge in [-0.3, -0.25) is 0 Å². The third-order valence-corrected chi connectivity index (χ3v) is 2.81. The predicted octanol–water partition coefficient (Wildman–Crippen LogP) is -0.299. The maximum absolute atomic E-state index is 5.96. The number of nitrogens with one attached hydrogen (secondary N) is 1. The third-order valence-electron chi connectivity index (χ3n) is 2.81. The molecule has 2 rings (SSSR count). The van der Waals surface area contributed by atoms with E-state index in [1.165, 1.54) is 11.5 Å². The first-order valence-electron chi connectivity index (χ1n) is 4.85. The molecule has 0 saturated carbocycles. The summed E-state index contributed by atoms with van der Waals surface area (Å²) in [7, 11) is 2.12. The normalized spacial score (nSPS) is 28.7. The van der Waals surface area contributed by atoms with Crippen molar-refractivity contribution in [3.05, 3.63) is 11.5 Å². The Kier molecular flexibility index (Phi) is 2.07. The minimum absolute atomic E-state index is 0.316. The molecule has 1 saturated heterocycles. The molecule has 0 spiro atoms. The van der Waals surface area contributed by atoms with Gasteiger partial charge >= 0.3 is 0 Å². The summed E-state index contributed by atoms with van der Waals surface area (Å²) in [6, 6.07) is 0.316. The highest BCUT2D eigenvalue weighted by Crippen LogP contribution is 2.21. The molecule has 0 aromatic heterocycles. The molecule has 0 aromatic rings. The molecule has 0 bridgehead atoms. The lowest BCUT2D eigenvalue weighted by molar-refractivity contribution is 0.284. The maximum Gasteiger partial charge on any atom is 0.124 e. The number of rotatable bonds is 0. The fourth-order valence-electron chi connectivity index (χ4n) is 2.17. The van der Waals surface area contributed by atoms with Gasteiger partial charge in [-0.2, -0.15) is 0 Å². The van der Waals surface area contributed by atoms with Crippen molar-refractivity contribution in [2.45, 2.75) is 19.4 Å². The smallest absolute Gasteiger partial charge is 0.124 e. The van der Waals surface area contributed by atoms with Crippen molar-refractivity contribution in [3.63, 3.8) is 0 Å². The molecular formula is C9H18N4. The molecule has 0 aromatic carbocycles. The summed E-state index contributed by atoms with van der Waals surface area (Å²) in [5, 5.41) is 3.36. The van der Waals surface area contributed by atoms with Crippen LogP contribution in [0, 0.1) is 0 Å². The Labute approximate surface area is 79.4 Å². The molecule has 0 aliphatic carbocycles. The summed E-state index contributed by atoms with van der Waals surface area (Å²) < 4.78 is 0. The van der Waals surface area contributed by atoms with E-state index in [1.54, 1.807) is 0 Å².